The molecule has 100 valence electrons. The van der Waals surface area contributed by atoms with Gasteiger partial charge in [-0.3, -0.25) is 4.90 Å². The molecule has 0 aliphatic carbocycles. The fourth-order valence-electron chi connectivity index (χ4n) is 2.15. The van der Waals surface area contributed by atoms with Gasteiger partial charge in [-0.15, -0.1) is 0 Å². The van der Waals surface area contributed by atoms with Crippen LogP contribution in [0.15, 0.2) is 24.3 Å². The SMILES string of the molecule is CCN1CCN(CCOc2ccc(F)cc2)CC1. The van der Waals surface area contributed by atoms with Gasteiger partial charge in [-0.05, 0) is 30.8 Å². The van der Waals surface area contributed by atoms with Gasteiger partial charge < -0.3 is 9.64 Å². The molecule has 0 radical (unpaired) electrons. The number of likely N-dealkylation sites (N-methyl/N-ethyl adjacent to an activating group) is 1. The Labute approximate surface area is 108 Å². The number of halogens is 1. The molecule has 1 fully saturated rings. The summed E-state index contributed by atoms with van der Waals surface area (Å²) < 4.78 is 18.3. The van der Waals surface area contributed by atoms with E-state index in [1.165, 1.54) is 12.1 Å². The second kappa shape index (κ2) is 6.71. The van der Waals surface area contributed by atoms with Crippen LogP contribution in [0.1, 0.15) is 6.92 Å². The lowest BCUT2D eigenvalue weighted by Gasteiger charge is -2.33. The van der Waals surface area contributed by atoms with Crippen molar-refractivity contribution in [3.05, 3.63) is 30.1 Å². The van der Waals surface area contributed by atoms with Gasteiger partial charge in [-0.1, -0.05) is 6.92 Å². The lowest BCUT2D eigenvalue weighted by Crippen LogP contribution is -2.47. The summed E-state index contributed by atoms with van der Waals surface area (Å²) in [4.78, 5) is 4.87. The predicted molar refractivity (Wildman–Crippen MR) is 70.4 cm³/mol. The molecular weight excluding hydrogens is 231 g/mol. The highest BCUT2D eigenvalue weighted by molar-refractivity contribution is 5.21. The molecule has 0 bridgehead atoms. The van der Waals surface area contributed by atoms with Crippen molar-refractivity contribution in [2.75, 3.05) is 45.9 Å². The van der Waals surface area contributed by atoms with Crippen LogP contribution in [0, 0.1) is 5.82 Å². The lowest BCUT2D eigenvalue weighted by molar-refractivity contribution is 0.121. The van der Waals surface area contributed by atoms with E-state index < -0.39 is 0 Å². The zero-order valence-electron chi connectivity index (χ0n) is 10.9. The fourth-order valence-corrected chi connectivity index (χ4v) is 2.15. The summed E-state index contributed by atoms with van der Waals surface area (Å²) in [5, 5.41) is 0. The topological polar surface area (TPSA) is 15.7 Å². The molecule has 0 spiro atoms. The maximum Gasteiger partial charge on any atom is 0.123 e. The van der Waals surface area contributed by atoms with Gasteiger partial charge in [0.25, 0.3) is 0 Å². The van der Waals surface area contributed by atoms with Crippen LogP contribution in [0.2, 0.25) is 0 Å². The minimum atomic E-state index is -0.224. The van der Waals surface area contributed by atoms with Gasteiger partial charge in [0.2, 0.25) is 0 Å². The summed E-state index contributed by atoms with van der Waals surface area (Å²) >= 11 is 0. The Morgan fingerprint density at radius 2 is 1.67 bits per heavy atom. The zero-order valence-corrected chi connectivity index (χ0v) is 10.9. The normalized spacial score (nSPS) is 17.9. The zero-order chi connectivity index (χ0) is 12.8. The quantitative estimate of drug-likeness (QED) is 0.795. The number of piperazine rings is 1. The van der Waals surface area contributed by atoms with Crippen LogP contribution in [0.3, 0.4) is 0 Å². The summed E-state index contributed by atoms with van der Waals surface area (Å²) in [5.74, 6) is 0.515. The molecule has 1 aliphatic heterocycles. The molecule has 0 aromatic heterocycles. The monoisotopic (exact) mass is 252 g/mol. The van der Waals surface area contributed by atoms with Crippen LogP contribution >= 0.6 is 0 Å². The van der Waals surface area contributed by atoms with Crippen molar-refractivity contribution < 1.29 is 9.13 Å². The second-order valence-corrected chi connectivity index (χ2v) is 4.58. The first-order chi connectivity index (χ1) is 8.78. The van der Waals surface area contributed by atoms with Gasteiger partial charge in [-0.2, -0.15) is 0 Å². The molecule has 4 heteroatoms. The van der Waals surface area contributed by atoms with Crippen LogP contribution in [0.4, 0.5) is 4.39 Å². The van der Waals surface area contributed by atoms with Crippen molar-refractivity contribution in [2.45, 2.75) is 6.92 Å². The molecule has 2 rings (SSSR count). The summed E-state index contributed by atoms with van der Waals surface area (Å²) in [6, 6.07) is 6.19. The van der Waals surface area contributed by atoms with Crippen LogP contribution in [0.25, 0.3) is 0 Å². The number of ether oxygens (including phenoxy) is 1. The molecule has 0 amide bonds. The van der Waals surface area contributed by atoms with Gasteiger partial charge in [0.05, 0.1) is 0 Å². The van der Waals surface area contributed by atoms with Gasteiger partial charge in [-0.25, -0.2) is 4.39 Å². The largest absolute Gasteiger partial charge is 0.492 e. The number of hydrogen-bond acceptors (Lipinski definition) is 3. The van der Waals surface area contributed by atoms with Gasteiger partial charge >= 0.3 is 0 Å². The van der Waals surface area contributed by atoms with E-state index in [1.54, 1.807) is 12.1 Å². The maximum absolute atomic E-state index is 12.7. The summed E-state index contributed by atoms with van der Waals surface area (Å²) in [7, 11) is 0. The van der Waals surface area contributed by atoms with Crippen molar-refractivity contribution in [3.8, 4) is 5.75 Å². The maximum atomic E-state index is 12.7. The highest BCUT2D eigenvalue weighted by Gasteiger charge is 2.14. The minimum Gasteiger partial charge on any atom is -0.492 e. The Morgan fingerprint density at radius 1 is 1.06 bits per heavy atom. The third-order valence-electron chi connectivity index (χ3n) is 3.40. The molecule has 3 nitrogen and oxygen atoms in total. The Kier molecular flexibility index (Phi) is 4.96. The molecule has 18 heavy (non-hydrogen) atoms. The average Bonchev–Trinajstić information content (AvgIpc) is 2.42. The summed E-state index contributed by atoms with van der Waals surface area (Å²) in [6.07, 6.45) is 0. The van der Waals surface area contributed by atoms with E-state index in [2.05, 4.69) is 16.7 Å². The Bertz CT molecular complexity index is 347. The van der Waals surface area contributed by atoms with Crippen molar-refractivity contribution in [1.82, 2.24) is 9.80 Å². The molecule has 1 aromatic rings. The molecule has 1 saturated heterocycles. The minimum absolute atomic E-state index is 0.224. The average molecular weight is 252 g/mol. The third-order valence-corrected chi connectivity index (χ3v) is 3.40. The van der Waals surface area contributed by atoms with Crippen molar-refractivity contribution in [1.29, 1.82) is 0 Å². The Hall–Kier alpha value is -1.13. The number of nitrogens with zero attached hydrogens (tertiary/aromatic N) is 2. The lowest BCUT2D eigenvalue weighted by atomic mass is 10.3. The van der Waals surface area contributed by atoms with E-state index in [1.807, 2.05) is 0 Å². The summed E-state index contributed by atoms with van der Waals surface area (Å²) in [6.45, 7) is 9.46. The van der Waals surface area contributed by atoms with E-state index in [-0.39, 0.29) is 5.82 Å². The van der Waals surface area contributed by atoms with E-state index >= 15 is 0 Å². The first-order valence-electron chi connectivity index (χ1n) is 6.61. The van der Waals surface area contributed by atoms with E-state index in [0.29, 0.717) is 6.61 Å². The number of rotatable bonds is 5. The van der Waals surface area contributed by atoms with Crippen LogP contribution < -0.4 is 4.74 Å². The van der Waals surface area contributed by atoms with Crippen molar-refractivity contribution in [3.63, 3.8) is 0 Å². The fraction of sp³-hybridized carbons (Fsp3) is 0.571. The van der Waals surface area contributed by atoms with Crippen molar-refractivity contribution >= 4 is 0 Å². The van der Waals surface area contributed by atoms with Crippen LogP contribution in [-0.2, 0) is 0 Å². The molecule has 1 aromatic carbocycles. The first-order valence-corrected chi connectivity index (χ1v) is 6.61. The van der Waals surface area contributed by atoms with Gasteiger partial charge in [0, 0.05) is 32.7 Å². The molecule has 0 N–H and O–H groups in total. The third kappa shape index (κ3) is 3.96. The van der Waals surface area contributed by atoms with Crippen LogP contribution in [0.5, 0.6) is 5.75 Å². The summed E-state index contributed by atoms with van der Waals surface area (Å²) in [5.41, 5.74) is 0. The van der Waals surface area contributed by atoms with Gasteiger partial charge in [0.15, 0.2) is 0 Å². The molecule has 0 saturated carbocycles. The molecule has 1 aliphatic rings. The molecule has 1 heterocycles. The molecule has 0 atom stereocenters. The Balaban J connectivity index is 1.65. The highest BCUT2D eigenvalue weighted by Crippen LogP contribution is 2.11. The molecular formula is C14H21FN2O. The van der Waals surface area contributed by atoms with E-state index in [4.69, 9.17) is 4.74 Å². The van der Waals surface area contributed by atoms with Gasteiger partial charge in [0.1, 0.15) is 18.2 Å². The Morgan fingerprint density at radius 3 is 2.28 bits per heavy atom. The van der Waals surface area contributed by atoms with Crippen molar-refractivity contribution in [2.24, 2.45) is 0 Å². The van der Waals surface area contributed by atoms with E-state index in [0.717, 1.165) is 45.0 Å². The number of benzene rings is 1. The second-order valence-electron chi connectivity index (χ2n) is 4.58. The highest BCUT2D eigenvalue weighted by atomic mass is 19.1. The predicted octanol–water partition coefficient (Wildman–Crippen LogP) is 1.84. The first kappa shape index (κ1) is 13.3. The standard InChI is InChI=1S/C14H21FN2O/c1-2-16-7-9-17(10-8-16)11-12-18-14-5-3-13(15)4-6-14/h3-6H,2,7-12H2,1H3. The van der Waals surface area contributed by atoms with Crippen LogP contribution in [-0.4, -0.2) is 55.7 Å². The van der Waals surface area contributed by atoms with E-state index in [9.17, 15) is 4.39 Å². The number of hydrogen-bond donors (Lipinski definition) is 0. The molecule has 0 unspecified atom stereocenters. The smallest absolute Gasteiger partial charge is 0.123 e.